The van der Waals surface area contributed by atoms with Crippen LogP contribution < -0.4 is 9.64 Å². The number of hydrogen-bond donors (Lipinski definition) is 0. The van der Waals surface area contributed by atoms with Gasteiger partial charge in [-0.05, 0) is 94.2 Å². The van der Waals surface area contributed by atoms with Gasteiger partial charge in [0.2, 0.25) is 0 Å². The van der Waals surface area contributed by atoms with E-state index >= 15 is 0 Å². The molecule has 11 heteroatoms. The molecular formula is C34H42F6N4O. The molecule has 2 heterocycles. The first-order chi connectivity index (χ1) is 21.2. The average Bonchev–Trinajstić information content (AvgIpc) is 2.98. The van der Waals surface area contributed by atoms with Crippen LogP contribution in [0.3, 0.4) is 0 Å². The lowest BCUT2D eigenvalue weighted by Gasteiger charge is -2.26. The van der Waals surface area contributed by atoms with Crippen LogP contribution in [-0.2, 0) is 12.4 Å². The smallest absolute Gasteiger partial charge is 0.417 e. The Labute approximate surface area is 262 Å². The normalized spacial score (nSPS) is 16.3. The zero-order valence-electron chi connectivity index (χ0n) is 26.5. The number of benzene rings is 1. The number of aryl methyl sites for hydroxylation is 2. The van der Waals surface area contributed by atoms with E-state index in [1.165, 1.54) is 50.0 Å². The molecule has 0 unspecified atom stereocenters. The molecule has 0 spiro atoms. The Hall–Kier alpha value is -3.81. The molecule has 1 saturated carbocycles. The van der Waals surface area contributed by atoms with Crippen molar-refractivity contribution in [1.82, 2.24) is 9.97 Å². The fourth-order valence-corrected chi connectivity index (χ4v) is 4.74. The molecule has 3 aromatic rings. The number of anilines is 1. The Morgan fingerprint density at radius 1 is 0.844 bits per heavy atom. The Balaban J connectivity index is 0.000000237. The maximum atomic E-state index is 12.4. The van der Waals surface area contributed by atoms with E-state index in [0.717, 1.165) is 61.5 Å². The number of hydrogen-bond acceptors (Lipinski definition) is 5. The first-order valence-electron chi connectivity index (χ1n) is 15.1. The van der Waals surface area contributed by atoms with Gasteiger partial charge in [0.1, 0.15) is 11.6 Å². The van der Waals surface area contributed by atoms with Crippen molar-refractivity contribution in [1.29, 1.82) is 5.26 Å². The van der Waals surface area contributed by atoms with Crippen LogP contribution in [-0.4, -0.2) is 29.2 Å². The molecule has 5 nitrogen and oxygen atoms in total. The van der Waals surface area contributed by atoms with Crippen molar-refractivity contribution >= 4 is 5.82 Å². The average molecular weight is 637 g/mol. The number of alkyl halides is 6. The highest BCUT2D eigenvalue weighted by molar-refractivity contribution is 5.42. The van der Waals surface area contributed by atoms with Gasteiger partial charge in [0, 0.05) is 25.5 Å². The summed E-state index contributed by atoms with van der Waals surface area (Å²) in [6.07, 6.45) is 3.07. The molecule has 1 aliphatic carbocycles. The van der Waals surface area contributed by atoms with Gasteiger partial charge in [-0.3, -0.25) is 4.98 Å². The molecule has 4 rings (SSSR count). The summed E-state index contributed by atoms with van der Waals surface area (Å²) in [7, 11) is 0. The lowest BCUT2D eigenvalue weighted by molar-refractivity contribution is -0.138. The fourth-order valence-electron chi connectivity index (χ4n) is 4.74. The fraction of sp³-hybridized carbons (Fsp3) is 0.500. The molecule has 0 atom stereocenters. The summed E-state index contributed by atoms with van der Waals surface area (Å²) in [6, 6.07) is 9.72. The Morgan fingerprint density at radius 2 is 1.49 bits per heavy atom. The minimum absolute atomic E-state index is 0.335. The number of rotatable bonds is 7. The highest BCUT2D eigenvalue weighted by Gasteiger charge is 2.33. The standard InChI is InChI=1S/C13H19NO.C12H17F3N2.C9H6F3N/c1-10-3-5-12(6-4-10)15-13-7-11(2)8-14-9-13;1-3-7-17(8-4-2)11-6-5-10(9-16-11)12(13,14)15;1-6-2-3-7(5-13)8(4-6)9(10,11)12/h7-10,12H,3-6H2,1-2H3;5-6,9H,3-4,7-8H2,1-2H3;2-4H,1H3. The van der Waals surface area contributed by atoms with Crippen molar-refractivity contribution in [3.63, 3.8) is 0 Å². The van der Waals surface area contributed by atoms with Crippen molar-refractivity contribution in [3.8, 4) is 11.8 Å². The third-order valence-electron chi connectivity index (χ3n) is 7.10. The minimum Gasteiger partial charge on any atom is -0.489 e. The van der Waals surface area contributed by atoms with Gasteiger partial charge in [-0.15, -0.1) is 0 Å². The van der Waals surface area contributed by atoms with Gasteiger partial charge in [0.15, 0.2) is 0 Å². The lowest BCUT2D eigenvalue weighted by Crippen LogP contribution is -2.25. The van der Waals surface area contributed by atoms with Gasteiger partial charge in [0.25, 0.3) is 0 Å². The number of aromatic nitrogens is 2. The third-order valence-corrected chi connectivity index (χ3v) is 7.10. The van der Waals surface area contributed by atoms with E-state index in [4.69, 9.17) is 10.00 Å². The topological polar surface area (TPSA) is 62.0 Å². The first-order valence-corrected chi connectivity index (χ1v) is 15.1. The van der Waals surface area contributed by atoms with Crippen LogP contribution in [0.25, 0.3) is 0 Å². The molecule has 0 N–H and O–H groups in total. The zero-order chi connectivity index (χ0) is 33.6. The lowest BCUT2D eigenvalue weighted by atomic mass is 9.89. The second kappa shape index (κ2) is 17.6. The van der Waals surface area contributed by atoms with Gasteiger partial charge in [-0.2, -0.15) is 31.6 Å². The van der Waals surface area contributed by atoms with Crippen LogP contribution >= 0.6 is 0 Å². The molecular weight excluding hydrogens is 594 g/mol. The summed E-state index contributed by atoms with van der Waals surface area (Å²) < 4.78 is 79.8. The van der Waals surface area contributed by atoms with Crippen LogP contribution in [0.1, 0.15) is 87.1 Å². The van der Waals surface area contributed by atoms with Gasteiger partial charge >= 0.3 is 12.4 Å². The van der Waals surface area contributed by atoms with E-state index in [1.807, 2.05) is 38.1 Å². The van der Waals surface area contributed by atoms with Gasteiger partial charge < -0.3 is 9.64 Å². The minimum atomic E-state index is -4.45. The van der Waals surface area contributed by atoms with Crippen LogP contribution in [0.15, 0.2) is 55.0 Å². The second-order valence-electron chi connectivity index (χ2n) is 11.2. The van der Waals surface area contributed by atoms with E-state index in [-0.39, 0.29) is 5.56 Å². The molecule has 0 bridgehead atoms. The zero-order valence-corrected chi connectivity index (χ0v) is 26.5. The predicted molar refractivity (Wildman–Crippen MR) is 164 cm³/mol. The molecule has 246 valence electrons. The largest absolute Gasteiger partial charge is 0.489 e. The third kappa shape index (κ3) is 13.0. The number of nitriles is 1. The van der Waals surface area contributed by atoms with E-state index in [2.05, 4.69) is 23.0 Å². The van der Waals surface area contributed by atoms with Crippen LogP contribution in [0.4, 0.5) is 32.2 Å². The second-order valence-corrected chi connectivity index (χ2v) is 11.2. The van der Waals surface area contributed by atoms with Gasteiger partial charge in [-0.25, -0.2) is 4.98 Å². The Bertz CT molecular complexity index is 1340. The molecule has 1 aromatic carbocycles. The van der Waals surface area contributed by atoms with Crippen molar-refractivity contribution in [3.05, 3.63) is 82.8 Å². The van der Waals surface area contributed by atoms with E-state index in [9.17, 15) is 26.3 Å². The molecule has 0 radical (unpaired) electrons. The predicted octanol–water partition coefficient (Wildman–Crippen LogP) is 9.96. The molecule has 0 amide bonds. The number of halogens is 6. The highest BCUT2D eigenvalue weighted by atomic mass is 19.4. The van der Waals surface area contributed by atoms with E-state index in [0.29, 0.717) is 17.5 Å². The Morgan fingerprint density at radius 3 is 1.98 bits per heavy atom. The van der Waals surface area contributed by atoms with Crippen LogP contribution in [0, 0.1) is 31.1 Å². The molecule has 1 aliphatic rings. The summed E-state index contributed by atoms with van der Waals surface area (Å²) in [5, 5.41) is 8.42. The monoisotopic (exact) mass is 636 g/mol. The van der Waals surface area contributed by atoms with Gasteiger partial charge in [-0.1, -0.05) is 32.4 Å². The number of pyridine rings is 2. The summed E-state index contributed by atoms with van der Waals surface area (Å²) in [5.41, 5.74) is -0.245. The Kier molecular flexibility index (Phi) is 14.6. The van der Waals surface area contributed by atoms with Crippen LogP contribution in [0.5, 0.6) is 5.75 Å². The molecule has 0 saturated heterocycles. The van der Waals surface area contributed by atoms with Crippen LogP contribution in [0.2, 0.25) is 0 Å². The maximum Gasteiger partial charge on any atom is 0.417 e. The first kappa shape index (κ1) is 37.4. The molecule has 2 aromatic heterocycles. The summed E-state index contributed by atoms with van der Waals surface area (Å²) in [6.45, 7) is 11.6. The molecule has 0 aliphatic heterocycles. The highest BCUT2D eigenvalue weighted by Crippen LogP contribution is 2.32. The van der Waals surface area contributed by atoms with Crippen molar-refractivity contribution in [2.45, 2.75) is 91.6 Å². The van der Waals surface area contributed by atoms with Crippen molar-refractivity contribution < 1.29 is 31.1 Å². The maximum absolute atomic E-state index is 12.4. The van der Waals surface area contributed by atoms with Crippen molar-refractivity contribution in [2.75, 3.05) is 18.0 Å². The van der Waals surface area contributed by atoms with E-state index < -0.39 is 23.5 Å². The number of nitrogens with zero attached hydrogens (tertiary/aromatic N) is 4. The summed E-state index contributed by atoms with van der Waals surface area (Å²) >= 11 is 0. The summed E-state index contributed by atoms with van der Waals surface area (Å²) in [5.74, 6) is 2.41. The molecule has 1 fully saturated rings. The van der Waals surface area contributed by atoms with Crippen molar-refractivity contribution in [2.24, 2.45) is 5.92 Å². The number of ether oxygens (including phenoxy) is 1. The van der Waals surface area contributed by atoms with E-state index in [1.54, 1.807) is 6.92 Å². The quantitative estimate of drug-likeness (QED) is 0.242. The SMILES string of the molecule is CCCN(CCC)c1ccc(C(F)(F)F)cn1.Cc1ccc(C#N)c(C(F)(F)F)c1.Cc1cncc(OC2CCC(C)CC2)c1. The summed E-state index contributed by atoms with van der Waals surface area (Å²) in [4.78, 5) is 10.0. The van der Waals surface area contributed by atoms with Gasteiger partial charge in [0.05, 0.1) is 35.1 Å². The molecule has 45 heavy (non-hydrogen) atoms.